The second-order valence-electron chi connectivity index (χ2n) is 4.44. The molecule has 6 nitrogen and oxygen atoms in total. The molecule has 0 aromatic heterocycles. The molecule has 120 valence electrons. The minimum Gasteiger partial charge on any atom is -0.497 e. The monoisotopic (exact) mass is 316 g/mol. The van der Waals surface area contributed by atoms with E-state index in [-0.39, 0.29) is 4.90 Å². The highest BCUT2D eigenvalue weighted by molar-refractivity contribution is 7.89. The van der Waals surface area contributed by atoms with Gasteiger partial charge in [0.2, 0.25) is 10.0 Å². The number of ether oxygens (including phenoxy) is 2. The van der Waals surface area contributed by atoms with Crippen molar-refractivity contribution in [3.8, 4) is 11.5 Å². The molecule has 0 aliphatic heterocycles. The maximum absolute atomic E-state index is 12.4. The highest BCUT2D eigenvalue weighted by Gasteiger charge is 2.20. The summed E-state index contributed by atoms with van der Waals surface area (Å²) in [6.45, 7) is 6.89. The van der Waals surface area contributed by atoms with E-state index in [1.54, 1.807) is 12.1 Å². The molecule has 0 bridgehead atoms. The summed E-state index contributed by atoms with van der Waals surface area (Å²) in [5.74, 6) is 0.769. The first-order valence-electron chi connectivity index (χ1n) is 6.92. The highest BCUT2D eigenvalue weighted by Crippen LogP contribution is 2.27. The number of rotatable bonds is 9. The summed E-state index contributed by atoms with van der Waals surface area (Å²) in [5, 5.41) is 0. The standard InChI is InChI=1S/C14H24N2O4S/c1-5-16(6-2)10-9-15-21(17,18)14-11-12(19-3)7-8-13(14)20-4/h7-8,11,15H,5-6,9-10H2,1-4H3. The molecule has 1 aromatic carbocycles. The molecule has 0 amide bonds. The zero-order valence-electron chi connectivity index (χ0n) is 13.0. The topological polar surface area (TPSA) is 67.9 Å². The lowest BCUT2D eigenvalue weighted by molar-refractivity contribution is 0.309. The van der Waals surface area contributed by atoms with Crippen LogP contribution in [0.1, 0.15) is 13.8 Å². The van der Waals surface area contributed by atoms with Crippen LogP contribution in [0.3, 0.4) is 0 Å². The van der Waals surface area contributed by atoms with E-state index in [1.807, 2.05) is 13.8 Å². The van der Waals surface area contributed by atoms with E-state index in [1.165, 1.54) is 20.3 Å². The number of nitrogens with one attached hydrogen (secondary N) is 1. The maximum atomic E-state index is 12.4. The Kier molecular flexibility index (Phi) is 6.94. The number of hydrogen-bond acceptors (Lipinski definition) is 5. The van der Waals surface area contributed by atoms with Crippen molar-refractivity contribution in [2.24, 2.45) is 0 Å². The molecule has 0 aliphatic rings. The maximum Gasteiger partial charge on any atom is 0.244 e. The predicted octanol–water partition coefficient (Wildman–Crippen LogP) is 1.32. The van der Waals surface area contributed by atoms with E-state index in [4.69, 9.17) is 9.47 Å². The zero-order chi connectivity index (χ0) is 15.9. The first-order chi connectivity index (χ1) is 9.98. The van der Waals surface area contributed by atoms with Crippen LogP contribution in [0.4, 0.5) is 0 Å². The molecule has 0 radical (unpaired) electrons. The van der Waals surface area contributed by atoms with Crippen LogP contribution in [-0.2, 0) is 10.0 Å². The van der Waals surface area contributed by atoms with Crippen molar-refractivity contribution in [2.45, 2.75) is 18.7 Å². The average molecular weight is 316 g/mol. The van der Waals surface area contributed by atoms with Crippen LogP contribution in [0.5, 0.6) is 11.5 Å². The fraction of sp³-hybridized carbons (Fsp3) is 0.571. The smallest absolute Gasteiger partial charge is 0.244 e. The highest BCUT2D eigenvalue weighted by atomic mass is 32.2. The number of methoxy groups -OCH3 is 2. The normalized spacial score (nSPS) is 11.7. The predicted molar refractivity (Wildman–Crippen MR) is 82.5 cm³/mol. The van der Waals surface area contributed by atoms with Gasteiger partial charge in [-0.1, -0.05) is 13.8 Å². The molecular weight excluding hydrogens is 292 g/mol. The number of benzene rings is 1. The van der Waals surface area contributed by atoms with Gasteiger partial charge in [-0.05, 0) is 25.2 Å². The van der Waals surface area contributed by atoms with Gasteiger partial charge in [0.15, 0.2) is 0 Å². The summed E-state index contributed by atoms with van der Waals surface area (Å²) in [6, 6.07) is 4.70. The Morgan fingerprint density at radius 1 is 1.14 bits per heavy atom. The van der Waals surface area contributed by atoms with Crippen LogP contribution in [0, 0.1) is 0 Å². The van der Waals surface area contributed by atoms with Crippen LogP contribution in [0.15, 0.2) is 23.1 Å². The largest absolute Gasteiger partial charge is 0.497 e. The van der Waals surface area contributed by atoms with E-state index in [0.29, 0.717) is 24.6 Å². The molecular formula is C14H24N2O4S. The Hall–Kier alpha value is -1.31. The van der Waals surface area contributed by atoms with Crippen LogP contribution >= 0.6 is 0 Å². The molecule has 1 rings (SSSR count). The quantitative estimate of drug-likeness (QED) is 0.744. The third kappa shape index (κ3) is 4.87. The van der Waals surface area contributed by atoms with Crippen LogP contribution in [0.2, 0.25) is 0 Å². The Morgan fingerprint density at radius 2 is 1.81 bits per heavy atom. The molecule has 1 N–H and O–H groups in total. The third-order valence-electron chi connectivity index (χ3n) is 3.27. The van der Waals surface area contributed by atoms with Crippen molar-refractivity contribution >= 4 is 10.0 Å². The summed E-state index contributed by atoms with van der Waals surface area (Å²) in [5.41, 5.74) is 0. The summed E-state index contributed by atoms with van der Waals surface area (Å²) >= 11 is 0. The first kappa shape index (κ1) is 17.7. The number of nitrogens with zero attached hydrogens (tertiary/aromatic N) is 1. The van der Waals surface area contributed by atoms with Gasteiger partial charge >= 0.3 is 0 Å². The van der Waals surface area contributed by atoms with E-state index in [9.17, 15) is 8.42 Å². The Morgan fingerprint density at radius 3 is 2.33 bits per heavy atom. The molecule has 1 aromatic rings. The molecule has 0 saturated heterocycles. The zero-order valence-corrected chi connectivity index (χ0v) is 13.9. The van der Waals surface area contributed by atoms with Crippen molar-refractivity contribution in [1.29, 1.82) is 0 Å². The number of likely N-dealkylation sites (N-methyl/N-ethyl adjacent to an activating group) is 1. The van der Waals surface area contributed by atoms with E-state index < -0.39 is 10.0 Å². The van der Waals surface area contributed by atoms with Gasteiger partial charge in [0, 0.05) is 19.2 Å². The molecule has 0 fully saturated rings. The third-order valence-corrected chi connectivity index (χ3v) is 4.76. The summed E-state index contributed by atoms with van der Waals surface area (Å²) in [7, 11) is -0.696. The van der Waals surface area contributed by atoms with Crippen LogP contribution < -0.4 is 14.2 Å². The minimum atomic E-state index is -3.63. The summed E-state index contributed by atoms with van der Waals surface area (Å²) < 4.78 is 37.5. The molecule has 0 atom stereocenters. The van der Waals surface area contributed by atoms with Gasteiger partial charge in [0.25, 0.3) is 0 Å². The van der Waals surface area contributed by atoms with Gasteiger partial charge in [0.05, 0.1) is 14.2 Å². The van der Waals surface area contributed by atoms with Crippen molar-refractivity contribution in [2.75, 3.05) is 40.4 Å². The Bertz CT molecular complexity index is 542. The van der Waals surface area contributed by atoms with Crippen LogP contribution in [0.25, 0.3) is 0 Å². The number of hydrogen-bond donors (Lipinski definition) is 1. The molecule has 0 heterocycles. The Balaban J connectivity index is 2.86. The number of sulfonamides is 1. The molecule has 7 heteroatoms. The van der Waals surface area contributed by atoms with E-state index >= 15 is 0 Å². The molecule has 0 saturated carbocycles. The fourth-order valence-electron chi connectivity index (χ4n) is 1.95. The SMILES string of the molecule is CCN(CC)CCNS(=O)(=O)c1cc(OC)ccc1OC. The van der Waals surface area contributed by atoms with Crippen molar-refractivity contribution < 1.29 is 17.9 Å². The lowest BCUT2D eigenvalue weighted by Gasteiger charge is -2.18. The molecule has 0 aliphatic carbocycles. The summed E-state index contributed by atoms with van der Waals surface area (Å²) in [6.07, 6.45) is 0. The average Bonchev–Trinajstić information content (AvgIpc) is 2.50. The van der Waals surface area contributed by atoms with Gasteiger partial charge in [0.1, 0.15) is 16.4 Å². The van der Waals surface area contributed by atoms with Gasteiger partial charge in [-0.25, -0.2) is 13.1 Å². The second kappa shape index (κ2) is 8.21. The summed E-state index contributed by atoms with van der Waals surface area (Å²) in [4.78, 5) is 2.23. The van der Waals surface area contributed by atoms with E-state index in [0.717, 1.165) is 13.1 Å². The van der Waals surface area contributed by atoms with Gasteiger partial charge in [-0.2, -0.15) is 0 Å². The van der Waals surface area contributed by atoms with Crippen molar-refractivity contribution in [3.63, 3.8) is 0 Å². The fourth-order valence-corrected chi connectivity index (χ4v) is 3.15. The minimum absolute atomic E-state index is 0.0869. The molecule has 0 unspecified atom stereocenters. The van der Waals surface area contributed by atoms with Crippen LogP contribution in [-0.4, -0.2) is 53.7 Å². The van der Waals surface area contributed by atoms with E-state index in [2.05, 4.69) is 9.62 Å². The molecule has 0 spiro atoms. The van der Waals surface area contributed by atoms with Crippen molar-refractivity contribution in [3.05, 3.63) is 18.2 Å². The lowest BCUT2D eigenvalue weighted by atomic mass is 10.3. The van der Waals surface area contributed by atoms with Gasteiger partial charge in [-0.15, -0.1) is 0 Å². The molecule has 21 heavy (non-hydrogen) atoms. The van der Waals surface area contributed by atoms with Crippen molar-refractivity contribution in [1.82, 2.24) is 9.62 Å². The van der Waals surface area contributed by atoms with Gasteiger partial charge < -0.3 is 14.4 Å². The lowest BCUT2D eigenvalue weighted by Crippen LogP contribution is -2.34. The Labute approximate surface area is 127 Å². The van der Waals surface area contributed by atoms with Gasteiger partial charge in [-0.3, -0.25) is 0 Å². The second-order valence-corrected chi connectivity index (χ2v) is 6.18. The first-order valence-corrected chi connectivity index (χ1v) is 8.40.